The Hall–Kier alpha value is -0.650. The van der Waals surface area contributed by atoms with Crippen LogP contribution >= 0.6 is 0 Å². The number of likely N-dealkylation sites (tertiary alicyclic amines) is 1. The van der Waals surface area contributed by atoms with Crippen LogP contribution in [0.3, 0.4) is 0 Å². The number of hydrogen-bond donors (Lipinski definition) is 1. The number of carbonyl (C=O) groups is 1. The number of carboxylic acid groups (broad SMARTS) is 1. The van der Waals surface area contributed by atoms with Gasteiger partial charge in [-0.3, -0.25) is 4.79 Å². The lowest BCUT2D eigenvalue weighted by Gasteiger charge is -2.24. The van der Waals surface area contributed by atoms with Crippen molar-refractivity contribution in [1.82, 2.24) is 4.90 Å². The molecule has 0 spiro atoms. The topological polar surface area (TPSA) is 59.0 Å². The molecule has 2 fully saturated rings. The summed E-state index contributed by atoms with van der Waals surface area (Å²) in [5.74, 6) is -0.769. The molecule has 0 aliphatic carbocycles. The number of carboxylic acids is 1. The van der Waals surface area contributed by atoms with E-state index in [9.17, 15) is 4.79 Å². The molecule has 104 valence electrons. The highest BCUT2D eigenvalue weighted by atomic mass is 16.7. The SMILES string of the molecule is CCN1CCCC1CC1OCC(CCC(=O)O)O1. The molecule has 2 saturated heterocycles. The van der Waals surface area contributed by atoms with Gasteiger partial charge in [0.25, 0.3) is 0 Å². The predicted molar refractivity (Wildman–Crippen MR) is 66.4 cm³/mol. The molecule has 2 aliphatic rings. The molecule has 0 bridgehead atoms. The molecule has 0 aromatic carbocycles. The molecule has 0 amide bonds. The molecule has 5 heteroatoms. The maximum Gasteiger partial charge on any atom is 0.303 e. The highest BCUT2D eigenvalue weighted by Crippen LogP contribution is 2.26. The lowest BCUT2D eigenvalue weighted by atomic mass is 10.1. The lowest BCUT2D eigenvalue weighted by molar-refractivity contribution is -0.138. The zero-order chi connectivity index (χ0) is 13.0. The minimum Gasteiger partial charge on any atom is -0.481 e. The maximum absolute atomic E-state index is 10.5. The van der Waals surface area contributed by atoms with Crippen LogP contribution in [-0.4, -0.2) is 54.1 Å². The van der Waals surface area contributed by atoms with Crippen molar-refractivity contribution in [3.8, 4) is 0 Å². The fraction of sp³-hybridized carbons (Fsp3) is 0.923. The van der Waals surface area contributed by atoms with Crippen LogP contribution in [0.25, 0.3) is 0 Å². The summed E-state index contributed by atoms with van der Waals surface area (Å²) in [7, 11) is 0. The number of rotatable bonds is 6. The third kappa shape index (κ3) is 3.67. The molecule has 2 rings (SSSR count). The normalized spacial score (nSPS) is 33.1. The summed E-state index contributed by atoms with van der Waals surface area (Å²) in [5.41, 5.74) is 0. The van der Waals surface area contributed by atoms with Crippen molar-refractivity contribution in [2.45, 2.75) is 57.5 Å². The maximum atomic E-state index is 10.5. The average Bonchev–Trinajstić information content (AvgIpc) is 2.96. The molecule has 18 heavy (non-hydrogen) atoms. The van der Waals surface area contributed by atoms with Gasteiger partial charge in [0.1, 0.15) is 0 Å². The van der Waals surface area contributed by atoms with E-state index in [0.29, 0.717) is 19.1 Å². The van der Waals surface area contributed by atoms with Crippen LogP contribution in [0.4, 0.5) is 0 Å². The van der Waals surface area contributed by atoms with E-state index in [1.165, 1.54) is 19.4 Å². The standard InChI is InChI=1S/C13H23NO4/c1-2-14-7-3-4-10(14)8-13-17-9-11(18-13)5-6-12(15)16/h10-11,13H,2-9H2,1H3,(H,15,16). The fourth-order valence-corrected chi connectivity index (χ4v) is 2.87. The van der Waals surface area contributed by atoms with Crippen molar-refractivity contribution in [2.75, 3.05) is 19.7 Å². The fourth-order valence-electron chi connectivity index (χ4n) is 2.87. The van der Waals surface area contributed by atoms with Crippen molar-refractivity contribution in [1.29, 1.82) is 0 Å². The van der Waals surface area contributed by atoms with Gasteiger partial charge in [-0.2, -0.15) is 0 Å². The molecular weight excluding hydrogens is 234 g/mol. The Morgan fingerprint density at radius 1 is 1.50 bits per heavy atom. The zero-order valence-corrected chi connectivity index (χ0v) is 11.0. The number of ether oxygens (including phenoxy) is 2. The van der Waals surface area contributed by atoms with Crippen LogP contribution < -0.4 is 0 Å². The minimum absolute atomic E-state index is 0.0393. The Kier molecular flexibility index (Phi) is 4.97. The second-order valence-electron chi connectivity index (χ2n) is 5.11. The molecule has 3 atom stereocenters. The van der Waals surface area contributed by atoms with Crippen molar-refractivity contribution in [3.05, 3.63) is 0 Å². The van der Waals surface area contributed by atoms with Gasteiger partial charge in [-0.25, -0.2) is 0 Å². The van der Waals surface area contributed by atoms with E-state index in [1.807, 2.05) is 0 Å². The third-order valence-electron chi connectivity index (χ3n) is 3.86. The van der Waals surface area contributed by atoms with Gasteiger partial charge < -0.3 is 19.5 Å². The predicted octanol–water partition coefficient (Wildman–Crippen LogP) is 1.47. The molecular formula is C13H23NO4. The number of nitrogens with zero attached hydrogens (tertiary/aromatic N) is 1. The van der Waals surface area contributed by atoms with Gasteiger partial charge in [-0.1, -0.05) is 6.92 Å². The molecule has 0 aromatic heterocycles. The third-order valence-corrected chi connectivity index (χ3v) is 3.86. The van der Waals surface area contributed by atoms with E-state index in [-0.39, 0.29) is 18.8 Å². The van der Waals surface area contributed by atoms with Gasteiger partial charge in [0.05, 0.1) is 12.7 Å². The molecule has 0 radical (unpaired) electrons. The van der Waals surface area contributed by atoms with Crippen LogP contribution in [0.15, 0.2) is 0 Å². The number of aliphatic carboxylic acids is 1. The molecule has 0 saturated carbocycles. The van der Waals surface area contributed by atoms with Gasteiger partial charge in [0.2, 0.25) is 0 Å². The van der Waals surface area contributed by atoms with Gasteiger partial charge in [-0.15, -0.1) is 0 Å². The minimum atomic E-state index is -0.769. The van der Waals surface area contributed by atoms with Gasteiger partial charge in [0.15, 0.2) is 6.29 Å². The summed E-state index contributed by atoms with van der Waals surface area (Å²) in [4.78, 5) is 13.0. The summed E-state index contributed by atoms with van der Waals surface area (Å²) in [6.07, 6.45) is 3.92. The summed E-state index contributed by atoms with van der Waals surface area (Å²) in [6, 6.07) is 0.568. The van der Waals surface area contributed by atoms with Gasteiger partial charge >= 0.3 is 5.97 Å². The first-order valence-corrected chi connectivity index (χ1v) is 6.92. The molecule has 1 N–H and O–H groups in total. The second-order valence-corrected chi connectivity index (χ2v) is 5.11. The van der Waals surface area contributed by atoms with Crippen molar-refractivity contribution in [2.24, 2.45) is 0 Å². The molecule has 3 unspecified atom stereocenters. The van der Waals surface area contributed by atoms with E-state index >= 15 is 0 Å². The Labute approximate surface area is 108 Å². The number of hydrogen-bond acceptors (Lipinski definition) is 4. The molecule has 0 aromatic rings. The summed E-state index contributed by atoms with van der Waals surface area (Å²) in [6.45, 7) is 4.98. The van der Waals surface area contributed by atoms with E-state index in [4.69, 9.17) is 14.6 Å². The van der Waals surface area contributed by atoms with E-state index in [0.717, 1.165) is 13.0 Å². The summed E-state index contributed by atoms with van der Waals surface area (Å²) >= 11 is 0. The van der Waals surface area contributed by atoms with E-state index in [1.54, 1.807) is 0 Å². The van der Waals surface area contributed by atoms with Crippen LogP contribution in [0, 0.1) is 0 Å². The molecule has 2 aliphatic heterocycles. The van der Waals surface area contributed by atoms with E-state index in [2.05, 4.69) is 11.8 Å². The summed E-state index contributed by atoms with van der Waals surface area (Å²) in [5, 5.41) is 8.63. The summed E-state index contributed by atoms with van der Waals surface area (Å²) < 4.78 is 11.4. The van der Waals surface area contributed by atoms with E-state index < -0.39 is 5.97 Å². The quantitative estimate of drug-likeness (QED) is 0.780. The van der Waals surface area contributed by atoms with Crippen LogP contribution in [0.5, 0.6) is 0 Å². The van der Waals surface area contributed by atoms with Crippen molar-refractivity contribution >= 4 is 5.97 Å². The Bertz CT molecular complexity index is 284. The zero-order valence-electron chi connectivity index (χ0n) is 11.0. The first-order valence-electron chi connectivity index (χ1n) is 6.92. The van der Waals surface area contributed by atoms with Gasteiger partial charge in [-0.05, 0) is 32.4 Å². The van der Waals surface area contributed by atoms with Crippen LogP contribution in [-0.2, 0) is 14.3 Å². The first kappa shape index (κ1) is 13.8. The van der Waals surface area contributed by atoms with Gasteiger partial charge in [0, 0.05) is 18.9 Å². The molecule has 5 nitrogen and oxygen atoms in total. The smallest absolute Gasteiger partial charge is 0.303 e. The highest BCUT2D eigenvalue weighted by molar-refractivity contribution is 5.66. The Morgan fingerprint density at radius 3 is 3.06 bits per heavy atom. The molecule has 2 heterocycles. The Balaban J connectivity index is 1.70. The Morgan fingerprint density at radius 2 is 2.33 bits per heavy atom. The second kappa shape index (κ2) is 6.50. The van der Waals surface area contributed by atoms with Crippen molar-refractivity contribution < 1.29 is 19.4 Å². The van der Waals surface area contributed by atoms with Crippen LogP contribution in [0.2, 0.25) is 0 Å². The monoisotopic (exact) mass is 257 g/mol. The van der Waals surface area contributed by atoms with Crippen LogP contribution in [0.1, 0.15) is 39.0 Å². The average molecular weight is 257 g/mol. The van der Waals surface area contributed by atoms with Crippen molar-refractivity contribution in [3.63, 3.8) is 0 Å². The lowest BCUT2D eigenvalue weighted by Crippen LogP contribution is -2.32. The highest BCUT2D eigenvalue weighted by Gasteiger charge is 2.32. The first-order chi connectivity index (χ1) is 8.69. The largest absolute Gasteiger partial charge is 0.481 e.